The fraction of sp³-hybridized carbons (Fsp3) is 1.00. The molecule has 0 aromatic rings. The van der Waals surface area contributed by atoms with E-state index in [9.17, 15) is 0 Å². The largest absolute Gasteiger partial charge is 0.304 e. The van der Waals surface area contributed by atoms with Gasteiger partial charge in [0.1, 0.15) is 0 Å². The standard InChI is InChI=1S/C11H24N2/c1-6-7-13-8-10(2,3)12-11(4,5)9-13/h12H,6-9H2,1-5H3. The number of hydrogen-bond acceptors (Lipinski definition) is 2. The molecule has 0 aromatic carbocycles. The van der Waals surface area contributed by atoms with Gasteiger partial charge in [-0.2, -0.15) is 0 Å². The summed E-state index contributed by atoms with van der Waals surface area (Å²) in [7, 11) is 0. The highest BCUT2D eigenvalue weighted by Gasteiger charge is 2.35. The summed E-state index contributed by atoms with van der Waals surface area (Å²) in [6, 6.07) is 0. The lowest BCUT2D eigenvalue weighted by Gasteiger charge is -2.48. The lowest BCUT2D eigenvalue weighted by molar-refractivity contribution is 0.0784. The van der Waals surface area contributed by atoms with Crippen LogP contribution in [0.3, 0.4) is 0 Å². The van der Waals surface area contributed by atoms with Gasteiger partial charge in [0.15, 0.2) is 0 Å². The molecule has 0 saturated carbocycles. The maximum absolute atomic E-state index is 3.68. The summed E-state index contributed by atoms with van der Waals surface area (Å²) in [5.41, 5.74) is 0.522. The zero-order valence-corrected chi connectivity index (χ0v) is 9.78. The third-order valence-electron chi connectivity index (χ3n) is 2.45. The van der Waals surface area contributed by atoms with Gasteiger partial charge in [-0.3, -0.25) is 4.90 Å². The minimum atomic E-state index is 0.261. The SMILES string of the molecule is CCCN1CC(C)(C)NC(C)(C)C1. The summed E-state index contributed by atoms with van der Waals surface area (Å²) in [6.07, 6.45) is 1.26. The van der Waals surface area contributed by atoms with Gasteiger partial charge in [-0.15, -0.1) is 0 Å². The fourth-order valence-electron chi connectivity index (χ4n) is 2.64. The number of rotatable bonds is 2. The predicted octanol–water partition coefficient (Wildman–Crippen LogP) is 1.86. The number of nitrogens with one attached hydrogen (secondary N) is 1. The van der Waals surface area contributed by atoms with E-state index in [0.717, 1.165) is 0 Å². The molecular weight excluding hydrogens is 160 g/mol. The normalized spacial score (nSPS) is 27.5. The van der Waals surface area contributed by atoms with E-state index in [2.05, 4.69) is 44.8 Å². The van der Waals surface area contributed by atoms with Crippen LogP contribution in [0.2, 0.25) is 0 Å². The molecule has 1 aliphatic rings. The van der Waals surface area contributed by atoms with E-state index < -0.39 is 0 Å². The Kier molecular flexibility index (Phi) is 3.03. The van der Waals surface area contributed by atoms with E-state index in [4.69, 9.17) is 0 Å². The summed E-state index contributed by atoms with van der Waals surface area (Å²) in [4.78, 5) is 2.57. The summed E-state index contributed by atoms with van der Waals surface area (Å²) >= 11 is 0. The van der Waals surface area contributed by atoms with Gasteiger partial charge < -0.3 is 5.32 Å². The quantitative estimate of drug-likeness (QED) is 0.704. The topological polar surface area (TPSA) is 15.3 Å². The second kappa shape index (κ2) is 3.58. The monoisotopic (exact) mass is 184 g/mol. The molecule has 1 rings (SSSR count). The number of nitrogens with zero attached hydrogens (tertiary/aromatic N) is 1. The van der Waals surface area contributed by atoms with Gasteiger partial charge in [-0.05, 0) is 40.7 Å². The lowest BCUT2D eigenvalue weighted by atomic mass is 9.91. The second-order valence-corrected chi connectivity index (χ2v) is 5.60. The Hall–Kier alpha value is -0.0800. The van der Waals surface area contributed by atoms with Crippen LogP contribution in [-0.2, 0) is 0 Å². The zero-order chi connectivity index (χ0) is 10.1. The Balaban J connectivity index is 2.61. The van der Waals surface area contributed by atoms with Crippen LogP contribution in [0.4, 0.5) is 0 Å². The van der Waals surface area contributed by atoms with E-state index in [0.29, 0.717) is 0 Å². The molecule has 2 heteroatoms. The molecule has 0 bridgehead atoms. The molecule has 0 atom stereocenters. The fourth-order valence-corrected chi connectivity index (χ4v) is 2.64. The molecule has 1 heterocycles. The molecule has 0 amide bonds. The third kappa shape index (κ3) is 3.28. The van der Waals surface area contributed by atoms with Crippen LogP contribution in [0.5, 0.6) is 0 Å². The minimum absolute atomic E-state index is 0.261. The molecule has 1 aliphatic heterocycles. The molecule has 0 aliphatic carbocycles. The first-order chi connectivity index (χ1) is 5.85. The van der Waals surface area contributed by atoms with Gasteiger partial charge in [0.2, 0.25) is 0 Å². The van der Waals surface area contributed by atoms with E-state index in [1.165, 1.54) is 26.1 Å². The van der Waals surface area contributed by atoms with Crippen molar-refractivity contribution in [2.24, 2.45) is 0 Å². The number of hydrogen-bond donors (Lipinski definition) is 1. The predicted molar refractivity (Wildman–Crippen MR) is 58.0 cm³/mol. The highest BCUT2D eigenvalue weighted by atomic mass is 15.3. The second-order valence-electron chi connectivity index (χ2n) is 5.60. The summed E-state index contributed by atoms with van der Waals surface area (Å²) in [6.45, 7) is 15.0. The molecule has 78 valence electrons. The first-order valence-electron chi connectivity index (χ1n) is 5.36. The Morgan fingerprint density at radius 2 is 1.54 bits per heavy atom. The van der Waals surface area contributed by atoms with Crippen molar-refractivity contribution in [3.05, 3.63) is 0 Å². The molecule has 0 aromatic heterocycles. The van der Waals surface area contributed by atoms with Crippen molar-refractivity contribution in [1.82, 2.24) is 10.2 Å². The minimum Gasteiger partial charge on any atom is -0.304 e. The third-order valence-corrected chi connectivity index (χ3v) is 2.45. The van der Waals surface area contributed by atoms with Crippen LogP contribution in [0, 0.1) is 0 Å². The molecular formula is C11H24N2. The molecule has 0 radical (unpaired) electrons. The van der Waals surface area contributed by atoms with Gasteiger partial charge in [-0.25, -0.2) is 0 Å². The Bertz CT molecular complexity index is 157. The van der Waals surface area contributed by atoms with Crippen LogP contribution in [0.25, 0.3) is 0 Å². The lowest BCUT2D eigenvalue weighted by Crippen LogP contribution is -2.66. The number of piperazine rings is 1. The summed E-state index contributed by atoms with van der Waals surface area (Å²) < 4.78 is 0. The van der Waals surface area contributed by atoms with Crippen molar-refractivity contribution in [1.29, 1.82) is 0 Å². The van der Waals surface area contributed by atoms with Crippen molar-refractivity contribution < 1.29 is 0 Å². The van der Waals surface area contributed by atoms with Gasteiger partial charge >= 0.3 is 0 Å². The molecule has 1 saturated heterocycles. The van der Waals surface area contributed by atoms with Crippen molar-refractivity contribution in [2.75, 3.05) is 19.6 Å². The van der Waals surface area contributed by atoms with Crippen LogP contribution in [-0.4, -0.2) is 35.6 Å². The molecule has 0 unspecified atom stereocenters. The van der Waals surface area contributed by atoms with Crippen LogP contribution >= 0.6 is 0 Å². The van der Waals surface area contributed by atoms with E-state index in [1.807, 2.05) is 0 Å². The average molecular weight is 184 g/mol. The first-order valence-corrected chi connectivity index (χ1v) is 5.36. The Morgan fingerprint density at radius 3 is 1.92 bits per heavy atom. The van der Waals surface area contributed by atoms with E-state index >= 15 is 0 Å². The zero-order valence-electron chi connectivity index (χ0n) is 9.78. The maximum atomic E-state index is 3.68. The molecule has 1 N–H and O–H groups in total. The average Bonchev–Trinajstić information content (AvgIpc) is 1.78. The summed E-state index contributed by atoms with van der Waals surface area (Å²) in [5.74, 6) is 0. The van der Waals surface area contributed by atoms with E-state index in [1.54, 1.807) is 0 Å². The van der Waals surface area contributed by atoms with Crippen molar-refractivity contribution in [3.63, 3.8) is 0 Å². The van der Waals surface area contributed by atoms with Gasteiger partial charge in [-0.1, -0.05) is 6.92 Å². The molecule has 2 nitrogen and oxygen atoms in total. The Morgan fingerprint density at radius 1 is 1.08 bits per heavy atom. The van der Waals surface area contributed by atoms with Crippen LogP contribution in [0.1, 0.15) is 41.0 Å². The smallest absolute Gasteiger partial charge is 0.0257 e. The van der Waals surface area contributed by atoms with Crippen LogP contribution in [0.15, 0.2) is 0 Å². The van der Waals surface area contributed by atoms with Crippen molar-refractivity contribution in [3.8, 4) is 0 Å². The molecule has 13 heavy (non-hydrogen) atoms. The molecule has 0 spiro atoms. The van der Waals surface area contributed by atoms with Crippen molar-refractivity contribution in [2.45, 2.75) is 52.1 Å². The van der Waals surface area contributed by atoms with E-state index in [-0.39, 0.29) is 11.1 Å². The molecule has 1 fully saturated rings. The maximum Gasteiger partial charge on any atom is 0.0257 e. The highest BCUT2D eigenvalue weighted by molar-refractivity contribution is 4.97. The highest BCUT2D eigenvalue weighted by Crippen LogP contribution is 2.20. The van der Waals surface area contributed by atoms with Gasteiger partial charge in [0.25, 0.3) is 0 Å². The Labute approximate surface area is 82.7 Å². The van der Waals surface area contributed by atoms with Crippen LogP contribution < -0.4 is 5.32 Å². The van der Waals surface area contributed by atoms with Gasteiger partial charge in [0.05, 0.1) is 0 Å². The summed E-state index contributed by atoms with van der Waals surface area (Å²) in [5, 5.41) is 3.68. The van der Waals surface area contributed by atoms with Gasteiger partial charge in [0, 0.05) is 24.2 Å². The first kappa shape index (κ1) is 11.0. The van der Waals surface area contributed by atoms with Crippen molar-refractivity contribution >= 4 is 0 Å².